The van der Waals surface area contributed by atoms with Crippen LogP contribution in [0.15, 0.2) is 0 Å². The number of rotatable bonds is 6. The van der Waals surface area contributed by atoms with Crippen LogP contribution >= 0.6 is 0 Å². The number of hydrogen-bond acceptors (Lipinski definition) is 5. The first kappa shape index (κ1) is 11.9. The maximum Gasteiger partial charge on any atom is 0.259 e. The fourth-order valence-electron chi connectivity index (χ4n) is 1.42. The molecule has 1 aliphatic rings. The number of hydrazine groups is 1. The molecule has 1 rings (SSSR count). The van der Waals surface area contributed by atoms with E-state index in [1.807, 2.05) is 10.3 Å². The first-order valence-corrected chi connectivity index (χ1v) is 4.75. The summed E-state index contributed by atoms with van der Waals surface area (Å²) in [4.78, 5) is 23.4. The number of nitrogens with two attached hydrogens (primary N) is 2. The van der Waals surface area contributed by atoms with Gasteiger partial charge in [-0.05, 0) is 6.42 Å². The van der Waals surface area contributed by atoms with Crippen LogP contribution < -0.4 is 17.0 Å². The third-order valence-corrected chi connectivity index (χ3v) is 2.38. The third-order valence-electron chi connectivity index (χ3n) is 2.38. The summed E-state index contributed by atoms with van der Waals surface area (Å²) in [6, 6.07) is -0.170. The quantitative estimate of drug-likeness (QED) is 0.197. The van der Waals surface area contributed by atoms with E-state index in [1.54, 1.807) is 0 Å². The number of carbonyl (C=O) groups is 2. The summed E-state index contributed by atoms with van der Waals surface area (Å²) in [6.45, 7) is 1.77. The smallest absolute Gasteiger partial charge is 0.259 e. The van der Waals surface area contributed by atoms with Crippen LogP contribution in [0.25, 0.3) is 0 Å². The van der Waals surface area contributed by atoms with Gasteiger partial charge in [-0.1, -0.05) is 0 Å². The Hall–Kier alpha value is -1.18. The zero-order valence-electron chi connectivity index (χ0n) is 8.44. The molecule has 0 spiro atoms. The molecule has 0 aromatic carbocycles. The fourth-order valence-corrected chi connectivity index (χ4v) is 1.42. The summed E-state index contributed by atoms with van der Waals surface area (Å²) < 4.78 is 5.03. The number of nitrogens with zero attached hydrogens (tertiary/aromatic N) is 1. The van der Waals surface area contributed by atoms with Crippen LogP contribution in [0.5, 0.6) is 0 Å². The second-order valence-corrected chi connectivity index (χ2v) is 3.36. The average Bonchev–Trinajstić information content (AvgIpc) is 2.14. The lowest BCUT2D eigenvalue weighted by atomic mass is 10.0. The Morgan fingerprint density at radius 1 is 1.53 bits per heavy atom. The summed E-state index contributed by atoms with van der Waals surface area (Å²) >= 11 is 0. The SMILES string of the molecule is NNC(=O)COCCN1CCC1C(N)=O. The molecule has 0 bridgehead atoms. The van der Waals surface area contributed by atoms with Crippen molar-refractivity contribution in [3.8, 4) is 0 Å². The van der Waals surface area contributed by atoms with Crippen LogP contribution in [-0.4, -0.2) is 49.1 Å². The number of primary amides is 1. The number of amides is 2. The average molecular weight is 216 g/mol. The van der Waals surface area contributed by atoms with E-state index in [4.69, 9.17) is 16.3 Å². The summed E-state index contributed by atoms with van der Waals surface area (Å²) in [6.07, 6.45) is 0.804. The highest BCUT2D eigenvalue weighted by atomic mass is 16.5. The number of ether oxygens (including phenoxy) is 1. The van der Waals surface area contributed by atoms with E-state index in [2.05, 4.69) is 0 Å². The van der Waals surface area contributed by atoms with Gasteiger partial charge in [-0.3, -0.25) is 19.9 Å². The molecule has 15 heavy (non-hydrogen) atoms. The third kappa shape index (κ3) is 3.46. The van der Waals surface area contributed by atoms with Crippen molar-refractivity contribution in [2.24, 2.45) is 11.6 Å². The van der Waals surface area contributed by atoms with Crippen molar-refractivity contribution in [2.75, 3.05) is 26.3 Å². The molecular formula is C8H16N4O3. The first-order valence-electron chi connectivity index (χ1n) is 4.75. The van der Waals surface area contributed by atoms with Crippen molar-refractivity contribution in [1.82, 2.24) is 10.3 Å². The molecule has 1 unspecified atom stereocenters. The van der Waals surface area contributed by atoms with E-state index < -0.39 is 0 Å². The lowest BCUT2D eigenvalue weighted by Crippen LogP contribution is -2.55. The van der Waals surface area contributed by atoms with E-state index in [-0.39, 0.29) is 24.5 Å². The van der Waals surface area contributed by atoms with Crippen molar-refractivity contribution >= 4 is 11.8 Å². The Kier molecular flexibility index (Phi) is 4.47. The maximum absolute atomic E-state index is 10.8. The normalized spacial score (nSPS) is 20.7. The molecule has 2 amide bonds. The van der Waals surface area contributed by atoms with Gasteiger partial charge in [0.25, 0.3) is 5.91 Å². The van der Waals surface area contributed by atoms with Crippen molar-refractivity contribution < 1.29 is 14.3 Å². The standard InChI is InChI=1S/C8H16N4O3/c9-8(14)6-1-2-12(6)3-4-15-5-7(13)11-10/h6H,1-5,10H2,(H2,9,14)(H,11,13). The molecule has 0 aromatic rings. The van der Waals surface area contributed by atoms with Gasteiger partial charge in [-0.2, -0.15) is 0 Å². The Bertz CT molecular complexity index is 246. The second kappa shape index (κ2) is 5.64. The molecule has 0 radical (unpaired) electrons. The molecule has 86 valence electrons. The molecule has 1 aliphatic heterocycles. The maximum atomic E-state index is 10.8. The molecule has 1 heterocycles. The molecule has 0 aliphatic carbocycles. The number of likely N-dealkylation sites (tertiary alicyclic amines) is 1. The minimum atomic E-state index is -0.370. The minimum absolute atomic E-state index is 0.0639. The Balaban J connectivity index is 2.06. The summed E-state index contributed by atoms with van der Waals surface area (Å²) in [5, 5.41) is 0. The highest BCUT2D eigenvalue weighted by molar-refractivity contribution is 5.80. The Morgan fingerprint density at radius 3 is 2.73 bits per heavy atom. The molecule has 1 atom stereocenters. The van der Waals surface area contributed by atoms with Gasteiger partial charge in [0, 0.05) is 13.1 Å². The summed E-state index contributed by atoms with van der Waals surface area (Å²) in [5.74, 6) is 4.19. The first-order chi connectivity index (χ1) is 7.15. The fraction of sp³-hybridized carbons (Fsp3) is 0.750. The molecule has 0 saturated carbocycles. The van der Waals surface area contributed by atoms with Gasteiger partial charge in [0.2, 0.25) is 5.91 Å². The van der Waals surface area contributed by atoms with Gasteiger partial charge in [0.1, 0.15) is 6.61 Å². The van der Waals surface area contributed by atoms with Crippen molar-refractivity contribution in [2.45, 2.75) is 12.5 Å². The summed E-state index contributed by atoms with van der Waals surface area (Å²) in [5.41, 5.74) is 7.12. The molecule has 7 heteroatoms. The van der Waals surface area contributed by atoms with Crippen LogP contribution in [0.1, 0.15) is 6.42 Å². The lowest BCUT2D eigenvalue weighted by Gasteiger charge is -2.38. The van der Waals surface area contributed by atoms with Gasteiger partial charge in [-0.25, -0.2) is 5.84 Å². The van der Waals surface area contributed by atoms with Crippen LogP contribution in [-0.2, 0) is 14.3 Å². The topological polar surface area (TPSA) is 111 Å². The van der Waals surface area contributed by atoms with Crippen LogP contribution in [0.3, 0.4) is 0 Å². The second-order valence-electron chi connectivity index (χ2n) is 3.36. The van der Waals surface area contributed by atoms with Crippen molar-refractivity contribution in [3.63, 3.8) is 0 Å². The molecule has 1 saturated heterocycles. The van der Waals surface area contributed by atoms with Crippen molar-refractivity contribution in [3.05, 3.63) is 0 Å². The van der Waals surface area contributed by atoms with Gasteiger partial charge in [-0.15, -0.1) is 0 Å². The summed E-state index contributed by atoms with van der Waals surface area (Å²) in [7, 11) is 0. The molecule has 1 fully saturated rings. The van der Waals surface area contributed by atoms with Crippen LogP contribution in [0.2, 0.25) is 0 Å². The molecule has 7 nitrogen and oxygen atoms in total. The van der Waals surface area contributed by atoms with Crippen molar-refractivity contribution in [1.29, 1.82) is 0 Å². The predicted molar refractivity (Wildman–Crippen MR) is 52.3 cm³/mol. The largest absolute Gasteiger partial charge is 0.370 e. The van der Waals surface area contributed by atoms with Crippen LogP contribution in [0.4, 0.5) is 0 Å². The van der Waals surface area contributed by atoms with Gasteiger partial charge in [0.15, 0.2) is 0 Å². The predicted octanol–water partition coefficient (Wildman–Crippen LogP) is -2.45. The number of hydrogen-bond donors (Lipinski definition) is 3. The zero-order valence-corrected chi connectivity index (χ0v) is 8.44. The number of carbonyl (C=O) groups excluding carboxylic acids is 2. The molecule has 5 N–H and O–H groups in total. The zero-order chi connectivity index (χ0) is 11.3. The highest BCUT2D eigenvalue weighted by Crippen LogP contribution is 2.15. The van der Waals surface area contributed by atoms with Gasteiger partial charge < -0.3 is 10.5 Å². The van der Waals surface area contributed by atoms with E-state index in [0.717, 1.165) is 13.0 Å². The van der Waals surface area contributed by atoms with Crippen LogP contribution in [0, 0.1) is 0 Å². The van der Waals surface area contributed by atoms with Gasteiger partial charge in [0.05, 0.1) is 12.6 Å². The van der Waals surface area contributed by atoms with E-state index >= 15 is 0 Å². The molecule has 0 aromatic heterocycles. The Labute approximate surface area is 87.7 Å². The van der Waals surface area contributed by atoms with E-state index in [1.165, 1.54) is 0 Å². The lowest BCUT2D eigenvalue weighted by molar-refractivity contribution is -0.130. The highest BCUT2D eigenvalue weighted by Gasteiger charge is 2.31. The Morgan fingerprint density at radius 2 is 2.27 bits per heavy atom. The van der Waals surface area contributed by atoms with E-state index in [9.17, 15) is 9.59 Å². The number of nitrogens with one attached hydrogen (secondary N) is 1. The molecular weight excluding hydrogens is 200 g/mol. The van der Waals surface area contributed by atoms with Gasteiger partial charge >= 0.3 is 0 Å². The minimum Gasteiger partial charge on any atom is -0.370 e. The van der Waals surface area contributed by atoms with E-state index in [0.29, 0.717) is 13.2 Å². The monoisotopic (exact) mass is 216 g/mol.